The van der Waals surface area contributed by atoms with Crippen LogP contribution in [0.1, 0.15) is 27.7 Å². The number of hydrogen-bond donors (Lipinski definition) is 0. The van der Waals surface area contributed by atoms with Crippen LogP contribution in [0.25, 0.3) is 0 Å². The third-order valence-electron chi connectivity index (χ3n) is 3.14. The Kier molecular flexibility index (Phi) is 5.59. The van der Waals surface area contributed by atoms with Crippen LogP contribution < -0.4 is 0 Å². The molecule has 1 fully saturated rings. The Morgan fingerprint density at radius 3 is 1.47 bits per heavy atom. The normalized spacial score (nSPS) is 21.9. The highest BCUT2D eigenvalue weighted by molar-refractivity contribution is 6.62. The Labute approximate surface area is 107 Å². The van der Waals surface area contributed by atoms with E-state index in [1.165, 1.54) is 0 Å². The van der Waals surface area contributed by atoms with Gasteiger partial charge in [-0.2, -0.15) is 0 Å². The molecule has 0 aliphatic carbocycles. The van der Waals surface area contributed by atoms with Crippen molar-refractivity contribution in [1.82, 2.24) is 9.13 Å². The van der Waals surface area contributed by atoms with Crippen LogP contribution in [-0.4, -0.2) is 58.4 Å². The lowest BCUT2D eigenvalue weighted by Gasteiger charge is -2.37. The number of rotatable bonds is 6. The highest BCUT2D eigenvalue weighted by Crippen LogP contribution is 2.25. The predicted molar refractivity (Wildman–Crippen MR) is 72.6 cm³/mol. The molecule has 5 heteroatoms. The van der Waals surface area contributed by atoms with Crippen LogP contribution in [0.3, 0.4) is 0 Å². The fourth-order valence-electron chi connectivity index (χ4n) is 2.62. The van der Waals surface area contributed by atoms with Crippen LogP contribution in [0.2, 0.25) is 0 Å². The molecule has 0 radical (unpaired) electrons. The Hall–Kier alpha value is 0.0569. The minimum atomic E-state index is -2.30. The van der Waals surface area contributed by atoms with Crippen LogP contribution >= 0.6 is 0 Å². The minimum Gasteiger partial charge on any atom is -0.374 e. The standard InChI is InChI=1S/C12H28N2O2Si/c1-11(2)9-13-7-8-14(10-12(3)4)17(13,15-5)16-6/h11-12H,7-10H2,1-6H3. The van der Waals surface area contributed by atoms with Gasteiger partial charge in [0.15, 0.2) is 0 Å². The molecule has 0 amide bonds. The smallest absolute Gasteiger partial charge is 0.374 e. The molecule has 0 atom stereocenters. The third kappa shape index (κ3) is 3.29. The minimum absolute atomic E-state index is 0.645. The quantitative estimate of drug-likeness (QED) is 0.678. The van der Waals surface area contributed by atoms with E-state index in [0.717, 1.165) is 26.2 Å². The molecular weight excluding hydrogens is 232 g/mol. The second kappa shape index (κ2) is 6.29. The van der Waals surface area contributed by atoms with Gasteiger partial charge >= 0.3 is 8.88 Å². The zero-order chi connectivity index (χ0) is 13.1. The molecule has 0 unspecified atom stereocenters. The number of hydrogen-bond acceptors (Lipinski definition) is 4. The summed E-state index contributed by atoms with van der Waals surface area (Å²) in [5.74, 6) is 1.29. The van der Waals surface area contributed by atoms with Crippen LogP contribution in [0.4, 0.5) is 0 Å². The van der Waals surface area contributed by atoms with Crippen molar-refractivity contribution in [3.05, 3.63) is 0 Å². The molecule has 1 aliphatic rings. The van der Waals surface area contributed by atoms with Crippen molar-refractivity contribution < 1.29 is 8.85 Å². The van der Waals surface area contributed by atoms with Gasteiger partial charge in [0.1, 0.15) is 0 Å². The summed E-state index contributed by atoms with van der Waals surface area (Å²) in [7, 11) is 1.29. The molecule has 0 aromatic rings. The molecular formula is C12H28N2O2Si. The van der Waals surface area contributed by atoms with Gasteiger partial charge in [-0.1, -0.05) is 27.7 Å². The molecule has 0 saturated carbocycles. The summed E-state index contributed by atoms with van der Waals surface area (Å²) in [5, 5.41) is 0. The van der Waals surface area contributed by atoms with Crippen LogP contribution in [0.5, 0.6) is 0 Å². The summed E-state index contributed by atoms with van der Waals surface area (Å²) in [6.45, 7) is 13.2. The van der Waals surface area contributed by atoms with Gasteiger partial charge in [-0.25, -0.2) is 0 Å². The average molecular weight is 260 g/mol. The van der Waals surface area contributed by atoms with Crippen molar-refractivity contribution >= 4 is 8.88 Å². The summed E-state index contributed by atoms with van der Waals surface area (Å²) in [4.78, 5) is 0. The Balaban J connectivity index is 2.81. The zero-order valence-electron chi connectivity index (χ0n) is 12.2. The first-order chi connectivity index (χ1) is 7.96. The van der Waals surface area contributed by atoms with E-state index in [-0.39, 0.29) is 0 Å². The van der Waals surface area contributed by atoms with Crippen molar-refractivity contribution in [3.8, 4) is 0 Å². The first kappa shape index (κ1) is 15.1. The summed E-state index contributed by atoms with van der Waals surface area (Å²) >= 11 is 0. The number of nitrogens with zero attached hydrogens (tertiary/aromatic N) is 2. The molecule has 1 rings (SSSR count). The molecule has 17 heavy (non-hydrogen) atoms. The van der Waals surface area contributed by atoms with Gasteiger partial charge < -0.3 is 8.85 Å². The molecule has 1 heterocycles. The van der Waals surface area contributed by atoms with Gasteiger partial charge in [-0.05, 0) is 24.9 Å². The molecule has 0 aromatic carbocycles. The lowest BCUT2D eigenvalue weighted by Crippen LogP contribution is -2.64. The van der Waals surface area contributed by atoms with E-state index < -0.39 is 8.88 Å². The molecule has 102 valence electrons. The molecule has 0 bridgehead atoms. The van der Waals surface area contributed by atoms with E-state index >= 15 is 0 Å². The summed E-state index contributed by atoms with van der Waals surface area (Å²) in [5.41, 5.74) is 0. The highest BCUT2D eigenvalue weighted by atomic mass is 28.4. The van der Waals surface area contributed by atoms with Crippen molar-refractivity contribution in [2.45, 2.75) is 27.7 Å². The topological polar surface area (TPSA) is 24.9 Å². The second-order valence-electron chi connectivity index (χ2n) is 5.64. The molecule has 4 nitrogen and oxygen atoms in total. The van der Waals surface area contributed by atoms with Gasteiger partial charge in [0.2, 0.25) is 0 Å². The van der Waals surface area contributed by atoms with Gasteiger partial charge in [-0.3, -0.25) is 9.13 Å². The van der Waals surface area contributed by atoms with E-state index in [1.54, 1.807) is 14.2 Å². The van der Waals surface area contributed by atoms with E-state index in [4.69, 9.17) is 8.85 Å². The maximum absolute atomic E-state index is 5.84. The Morgan fingerprint density at radius 1 is 0.882 bits per heavy atom. The lowest BCUT2D eigenvalue weighted by molar-refractivity contribution is 0.127. The summed E-state index contributed by atoms with van der Waals surface area (Å²) in [6, 6.07) is 0. The summed E-state index contributed by atoms with van der Waals surface area (Å²) < 4.78 is 16.5. The molecule has 1 saturated heterocycles. The van der Waals surface area contributed by atoms with E-state index in [0.29, 0.717) is 11.8 Å². The third-order valence-corrected chi connectivity index (χ3v) is 6.62. The first-order valence-electron chi connectivity index (χ1n) is 6.56. The SMILES string of the molecule is CO[Si]1(OC)N(CC(C)C)CCN1CC(C)C. The van der Waals surface area contributed by atoms with Crippen LogP contribution in [-0.2, 0) is 8.85 Å². The molecule has 0 spiro atoms. The largest absolute Gasteiger partial charge is 0.522 e. The van der Waals surface area contributed by atoms with Crippen LogP contribution in [0.15, 0.2) is 0 Å². The van der Waals surface area contributed by atoms with Crippen molar-refractivity contribution in [3.63, 3.8) is 0 Å². The van der Waals surface area contributed by atoms with Crippen molar-refractivity contribution in [1.29, 1.82) is 0 Å². The van der Waals surface area contributed by atoms with E-state index in [1.807, 2.05) is 0 Å². The van der Waals surface area contributed by atoms with Gasteiger partial charge in [0.05, 0.1) is 0 Å². The molecule has 1 aliphatic heterocycles. The monoisotopic (exact) mass is 260 g/mol. The first-order valence-corrected chi connectivity index (χ1v) is 8.27. The fourth-order valence-corrected chi connectivity index (χ4v) is 6.17. The molecule has 0 N–H and O–H groups in total. The average Bonchev–Trinajstić information content (AvgIpc) is 2.56. The Bertz CT molecular complexity index is 213. The zero-order valence-corrected chi connectivity index (χ0v) is 13.2. The van der Waals surface area contributed by atoms with Gasteiger partial charge in [0, 0.05) is 27.3 Å². The van der Waals surface area contributed by atoms with Gasteiger partial charge in [-0.15, -0.1) is 0 Å². The van der Waals surface area contributed by atoms with E-state index in [9.17, 15) is 0 Å². The molecule has 0 aromatic heterocycles. The van der Waals surface area contributed by atoms with E-state index in [2.05, 4.69) is 36.8 Å². The maximum Gasteiger partial charge on any atom is 0.522 e. The van der Waals surface area contributed by atoms with Crippen molar-refractivity contribution in [2.75, 3.05) is 40.4 Å². The van der Waals surface area contributed by atoms with Crippen molar-refractivity contribution in [2.24, 2.45) is 11.8 Å². The highest BCUT2D eigenvalue weighted by Gasteiger charge is 2.54. The van der Waals surface area contributed by atoms with Gasteiger partial charge in [0.25, 0.3) is 0 Å². The fraction of sp³-hybridized carbons (Fsp3) is 1.00. The maximum atomic E-state index is 5.84. The predicted octanol–water partition coefficient (Wildman–Crippen LogP) is 1.64. The van der Waals surface area contributed by atoms with Crippen LogP contribution in [0, 0.1) is 11.8 Å². The Morgan fingerprint density at radius 2 is 1.24 bits per heavy atom. The summed E-state index contributed by atoms with van der Waals surface area (Å²) in [6.07, 6.45) is 0. The second-order valence-corrected chi connectivity index (χ2v) is 8.81. The lowest BCUT2D eigenvalue weighted by atomic mass is 10.2.